The van der Waals surface area contributed by atoms with Crippen molar-refractivity contribution in [2.45, 2.75) is 10.9 Å². The van der Waals surface area contributed by atoms with Crippen LogP contribution in [0.5, 0.6) is 0 Å². The second kappa shape index (κ2) is 4.14. The predicted octanol–water partition coefficient (Wildman–Crippen LogP) is 0.363. The molecule has 0 aromatic carbocycles. The molecule has 12 heavy (non-hydrogen) atoms. The summed E-state index contributed by atoms with van der Waals surface area (Å²) >= 11 is 1.54. The standard InChI is InChI=1S/C7H10N4S/c1-11-4-7(3-10-11)12-5-6(9)2-8/h3-4,6H,5,9H2,1H3. The van der Waals surface area contributed by atoms with E-state index in [0.717, 1.165) is 4.90 Å². The van der Waals surface area contributed by atoms with Crippen molar-refractivity contribution in [2.24, 2.45) is 12.8 Å². The molecule has 0 bridgehead atoms. The lowest BCUT2D eigenvalue weighted by Crippen LogP contribution is -2.19. The number of rotatable bonds is 3. The van der Waals surface area contributed by atoms with Gasteiger partial charge in [0.2, 0.25) is 0 Å². The van der Waals surface area contributed by atoms with Gasteiger partial charge >= 0.3 is 0 Å². The average molecular weight is 182 g/mol. The number of nitrogens with two attached hydrogens (primary N) is 1. The summed E-state index contributed by atoms with van der Waals surface area (Å²) in [5.41, 5.74) is 5.42. The zero-order valence-electron chi connectivity index (χ0n) is 6.77. The summed E-state index contributed by atoms with van der Waals surface area (Å²) < 4.78 is 1.72. The van der Waals surface area contributed by atoms with Crippen LogP contribution in [0.15, 0.2) is 17.3 Å². The normalized spacial score (nSPS) is 12.4. The Balaban J connectivity index is 2.39. The lowest BCUT2D eigenvalue weighted by molar-refractivity contribution is 0.766. The molecular formula is C7H10N4S. The van der Waals surface area contributed by atoms with Crippen LogP contribution < -0.4 is 5.73 Å². The van der Waals surface area contributed by atoms with E-state index in [1.54, 1.807) is 22.6 Å². The van der Waals surface area contributed by atoms with Crippen molar-refractivity contribution in [3.05, 3.63) is 12.4 Å². The Kier molecular flexibility index (Phi) is 3.14. The van der Waals surface area contributed by atoms with Gasteiger partial charge in [-0.3, -0.25) is 4.68 Å². The minimum Gasteiger partial charge on any atom is -0.315 e. The number of thioether (sulfide) groups is 1. The second-order valence-corrected chi connectivity index (χ2v) is 3.49. The maximum Gasteiger partial charge on any atom is 0.102 e. The molecule has 0 radical (unpaired) electrons. The molecule has 0 aliphatic heterocycles. The first-order valence-corrected chi connectivity index (χ1v) is 4.47. The van der Waals surface area contributed by atoms with E-state index in [2.05, 4.69) is 5.10 Å². The predicted molar refractivity (Wildman–Crippen MR) is 47.5 cm³/mol. The Labute approximate surface area is 75.4 Å². The van der Waals surface area contributed by atoms with Crippen molar-refractivity contribution in [1.82, 2.24) is 9.78 Å². The van der Waals surface area contributed by atoms with Crippen LogP contribution in [-0.4, -0.2) is 21.6 Å². The minimum absolute atomic E-state index is 0.393. The number of aromatic nitrogens is 2. The number of hydrogen-bond donors (Lipinski definition) is 1. The molecule has 2 N–H and O–H groups in total. The van der Waals surface area contributed by atoms with Gasteiger partial charge in [0.05, 0.1) is 12.3 Å². The van der Waals surface area contributed by atoms with E-state index in [4.69, 9.17) is 11.0 Å². The number of aryl methyl sites for hydroxylation is 1. The SMILES string of the molecule is Cn1cc(SCC(N)C#N)cn1. The molecule has 0 spiro atoms. The fourth-order valence-electron chi connectivity index (χ4n) is 0.697. The van der Waals surface area contributed by atoms with E-state index in [9.17, 15) is 0 Å². The van der Waals surface area contributed by atoms with Crippen LogP contribution in [0.2, 0.25) is 0 Å². The van der Waals surface area contributed by atoms with Gasteiger partial charge in [0.25, 0.3) is 0 Å². The quantitative estimate of drug-likeness (QED) is 0.685. The molecular weight excluding hydrogens is 172 g/mol. The molecule has 0 saturated carbocycles. The Morgan fingerprint density at radius 1 is 1.92 bits per heavy atom. The monoisotopic (exact) mass is 182 g/mol. The van der Waals surface area contributed by atoms with Gasteiger partial charge in [-0.1, -0.05) is 0 Å². The zero-order chi connectivity index (χ0) is 8.97. The van der Waals surface area contributed by atoms with Gasteiger partial charge in [-0.25, -0.2) is 0 Å². The maximum absolute atomic E-state index is 8.41. The van der Waals surface area contributed by atoms with Gasteiger partial charge in [-0.05, 0) is 0 Å². The summed E-state index contributed by atoms with van der Waals surface area (Å²) in [7, 11) is 1.86. The lowest BCUT2D eigenvalue weighted by atomic mass is 10.4. The molecule has 0 saturated heterocycles. The van der Waals surface area contributed by atoms with Crippen molar-refractivity contribution in [3.8, 4) is 6.07 Å². The number of nitriles is 1. The van der Waals surface area contributed by atoms with Gasteiger partial charge in [0, 0.05) is 23.9 Å². The van der Waals surface area contributed by atoms with Crippen molar-refractivity contribution in [2.75, 3.05) is 5.75 Å². The molecule has 64 valence electrons. The summed E-state index contributed by atoms with van der Waals surface area (Å²) in [5, 5.41) is 12.4. The van der Waals surface area contributed by atoms with Crippen molar-refractivity contribution in [1.29, 1.82) is 5.26 Å². The van der Waals surface area contributed by atoms with E-state index in [1.807, 2.05) is 19.3 Å². The van der Waals surface area contributed by atoms with Crippen molar-refractivity contribution in [3.63, 3.8) is 0 Å². The smallest absolute Gasteiger partial charge is 0.102 e. The topological polar surface area (TPSA) is 67.6 Å². The van der Waals surface area contributed by atoms with Crippen LogP contribution in [0, 0.1) is 11.3 Å². The zero-order valence-corrected chi connectivity index (χ0v) is 7.58. The van der Waals surface area contributed by atoms with E-state index in [0.29, 0.717) is 5.75 Å². The molecule has 1 atom stereocenters. The molecule has 0 aliphatic rings. The van der Waals surface area contributed by atoms with Gasteiger partial charge in [0.1, 0.15) is 6.04 Å². The summed E-state index contributed by atoms with van der Waals surface area (Å²) in [6, 6.07) is 1.58. The Morgan fingerprint density at radius 3 is 3.17 bits per heavy atom. The van der Waals surface area contributed by atoms with Crippen LogP contribution in [0.1, 0.15) is 0 Å². The first-order valence-electron chi connectivity index (χ1n) is 3.49. The van der Waals surface area contributed by atoms with E-state index in [-0.39, 0.29) is 0 Å². The third-order valence-electron chi connectivity index (χ3n) is 1.28. The Hall–Kier alpha value is -0.990. The second-order valence-electron chi connectivity index (χ2n) is 2.40. The Bertz CT molecular complexity index is 288. The highest BCUT2D eigenvalue weighted by atomic mass is 32.2. The number of hydrogen-bond acceptors (Lipinski definition) is 4. The minimum atomic E-state index is -0.393. The highest BCUT2D eigenvalue weighted by molar-refractivity contribution is 7.99. The average Bonchev–Trinajstić information content (AvgIpc) is 2.47. The summed E-state index contributed by atoms with van der Waals surface area (Å²) in [5.74, 6) is 0.613. The molecule has 0 fully saturated rings. The third-order valence-corrected chi connectivity index (χ3v) is 2.35. The molecule has 1 aromatic rings. The van der Waals surface area contributed by atoms with Gasteiger partial charge in [-0.15, -0.1) is 11.8 Å². The van der Waals surface area contributed by atoms with Crippen LogP contribution in [-0.2, 0) is 7.05 Å². The fraction of sp³-hybridized carbons (Fsp3) is 0.429. The molecule has 1 unspecified atom stereocenters. The lowest BCUT2D eigenvalue weighted by Gasteiger charge is -1.98. The van der Waals surface area contributed by atoms with Crippen LogP contribution >= 0.6 is 11.8 Å². The van der Waals surface area contributed by atoms with Crippen molar-refractivity contribution >= 4 is 11.8 Å². The summed E-state index contributed by atoms with van der Waals surface area (Å²) in [4.78, 5) is 1.04. The van der Waals surface area contributed by atoms with Gasteiger partial charge < -0.3 is 5.73 Å². The van der Waals surface area contributed by atoms with E-state index in [1.165, 1.54) is 0 Å². The van der Waals surface area contributed by atoms with Crippen molar-refractivity contribution < 1.29 is 0 Å². The molecule has 4 nitrogen and oxygen atoms in total. The molecule has 0 aliphatic carbocycles. The summed E-state index contributed by atoms with van der Waals surface area (Å²) in [6.45, 7) is 0. The highest BCUT2D eigenvalue weighted by Gasteiger charge is 2.02. The highest BCUT2D eigenvalue weighted by Crippen LogP contribution is 2.16. The van der Waals surface area contributed by atoms with Crippen LogP contribution in [0.3, 0.4) is 0 Å². The fourth-order valence-corrected chi connectivity index (χ4v) is 1.49. The third kappa shape index (κ3) is 2.57. The van der Waals surface area contributed by atoms with Gasteiger partial charge in [-0.2, -0.15) is 10.4 Å². The Morgan fingerprint density at radius 2 is 2.67 bits per heavy atom. The van der Waals surface area contributed by atoms with E-state index >= 15 is 0 Å². The molecule has 1 rings (SSSR count). The van der Waals surface area contributed by atoms with Crippen LogP contribution in [0.25, 0.3) is 0 Å². The van der Waals surface area contributed by atoms with Gasteiger partial charge in [0.15, 0.2) is 0 Å². The molecule has 1 aromatic heterocycles. The largest absolute Gasteiger partial charge is 0.315 e. The maximum atomic E-state index is 8.41. The molecule has 1 heterocycles. The molecule has 5 heteroatoms. The van der Waals surface area contributed by atoms with E-state index < -0.39 is 6.04 Å². The summed E-state index contributed by atoms with van der Waals surface area (Å²) in [6.07, 6.45) is 3.66. The molecule has 0 amide bonds. The van der Waals surface area contributed by atoms with Crippen LogP contribution in [0.4, 0.5) is 0 Å². The first-order chi connectivity index (χ1) is 5.72. The first kappa shape index (κ1) is 9.10. The number of nitrogens with zero attached hydrogens (tertiary/aromatic N) is 3.